The van der Waals surface area contributed by atoms with Crippen molar-refractivity contribution in [3.8, 4) is 11.5 Å². The van der Waals surface area contributed by atoms with E-state index in [9.17, 15) is 18.0 Å². The van der Waals surface area contributed by atoms with Gasteiger partial charge in [0.1, 0.15) is 6.54 Å². The SMILES string of the molecule is COc1cc(CCN)ccc1OCC(=O)NCC(F)(F)F. The van der Waals surface area contributed by atoms with E-state index in [0.717, 1.165) is 5.56 Å². The normalized spacial score (nSPS) is 11.1. The molecule has 1 rings (SSSR count). The number of halogens is 3. The number of alkyl halides is 3. The van der Waals surface area contributed by atoms with Gasteiger partial charge in [0.2, 0.25) is 0 Å². The van der Waals surface area contributed by atoms with Crippen LogP contribution in [-0.4, -0.2) is 38.9 Å². The molecule has 118 valence electrons. The molecule has 0 aliphatic rings. The zero-order chi connectivity index (χ0) is 15.9. The minimum atomic E-state index is -4.45. The summed E-state index contributed by atoms with van der Waals surface area (Å²) in [7, 11) is 1.43. The monoisotopic (exact) mass is 306 g/mol. The molecule has 0 aromatic heterocycles. The summed E-state index contributed by atoms with van der Waals surface area (Å²) >= 11 is 0. The molecule has 0 unspecified atom stereocenters. The highest BCUT2D eigenvalue weighted by atomic mass is 19.4. The lowest BCUT2D eigenvalue weighted by Gasteiger charge is -2.12. The molecule has 8 heteroatoms. The van der Waals surface area contributed by atoms with Crippen LogP contribution in [0.1, 0.15) is 5.56 Å². The molecular formula is C13H17F3N2O3. The van der Waals surface area contributed by atoms with E-state index in [2.05, 4.69) is 0 Å². The standard InChI is InChI=1S/C13H17F3N2O3/c1-20-11-6-9(4-5-17)2-3-10(11)21-7-12(19)18-8-13(14,15)16/h2-3,6H,4-5,7-8,17H2,1H3,(H,18,19). The summed E-state index contributed by atoms with van der Waals surface area (Å²) in [6.07, 6.45) is -3.79. The molecule has 3 N–H and O–H groups in total. The second kappa shape index (κ2) is 7.72. The van der Waals surface area contributed by atoms with Gasteiger partial charge in [0.25, 0.3) is 5.91 Å². The van der Waals surface area contributed by atoms with Crippen LogP contribution in [-0.2, 0) is 11.2 Å². The lowest BCUT2D eigenvalue weighted by molar-refractivity contribution is -0.139. The zero-order valence-electron chi connectivity index (χ0n) is 11.5. The zero-order valence-corrected chi connectivity index (χ0v) is 11.5. The first-order chi connectivity index (χ1) is 9.85. The van der Waals surface area contributed by atoms with Gasteiger partial charge in [0.05, 0.1) is 7.11 Å². The summed E-state index contributed by atoms with van der Waals surface area (Å²) in [6, 6.07) is 5.04. The second-order valence-corrected chi connectivity index (χ2v) is 4.20. The summed E-state index contributed by atoms with van der Waals surface area (Å²) in [5.74, 6) is -0.189. The number of amides is 1. The van der Waals surface area contributed by atoms with Crippen LogP contribution in [0.5, 0.6) is 11.5 Å². The van der Waals surface area contributed by atoms with E-state index >= 15 is 0 Å². The molecule has 0 aliphatic carbocycles. The molecule has 0 atom stereocenters. The summed E-state index contributed by atoms with van der Waals surface area (Å²) in [5, 5.41) is 1.72. The first-order valence-corrected chi connectivity index (χ1v) is 6.19. The van der Waals surface area contributed by atoms with Gasteiger partial charge in [-0.25, -0.2) is 0 Å². The van der Waals surface area contributed by atoms with Gasteiger partial charge in [-0.15, -0.1) is 0 Å². The largest absolute Gasteiger partial charge is 0.493 e. The topological polar surface area (TPSA) is 73.6 Å². The van der Waals surface area contributed by atoms with Crippen LogP contribution >= 0.6 is 0 Å². The molecule has 0 saturated heterocycles. The molecule has 0 bridgehead atoms. The van der Waals surface area contributed by atoms with Crippen LogP contribution in [0, 0.1) is 0 Å². The number of methoxy groups -OCH3 is 1. The summed E-state index contributed by atoms with van der Waals surface area (Å²) in [5.41, 5.74) is 6.37. The fraction of sp³-hybridized carbons (Fsp3) is 0.462. The Balaban J connectivity index is 2.56. The summed E-state index contributed by atoms with van der Waals surface area (Å²) < 4.78 is 46.0. The minimum Gasteiger partial charge on any atom is -0.493 e. The van der Waals surface area contributed by atoms with Gasteiger partial charge in [-0.05, 0) is 30.7 Å². The number of benzene rings is 1. The predicted octanol–water partition coefficient (Wildman–Crippen LogP) is 1.25. The third-order valence-electron chi connectivity index (χ3n) is 2.51. The van der Waals surface area contributed by atoms with Gasteiger partial charge in [-0.3, -0.25) is 4.79 Å². The van der Waals surface area contributed by atoms with E-state index < -0.39 is 25.2 Å². The molecule has 1 amide bonds. The number of carbonyl (C=O) groups excluding carboxylic acids is 1. The van der Waals surface area contributed by atoms with Crippen molar-refractivity contribution in [2.75, 3.05) is 26.8 Å². The Bertz CT molecular complexity index is 478. The average Bonchev–Trinajstić information content (AvgIpc) is 2.43. The highest BCUT2D eigenvalue weighted by Gasteiger charge is 2.27. The van der Waals surface area contributed by atoms with E-state index in [0.29, 0.717) is 18.7 Å². The number of nitrogens with two attached hydrogens (primary N) is 1. The Labute approximate surface area is 120 Å². The van der Waals surface area contributed by atoms with Crippen LogP contribution in [0.25, 0.3) is 0 Å². The number of rotatable bonds is 7. The molecule has 0 fully saturated rings. The van der Waals surface area contributed by atoms with Crippen molar-refractivity contribution in [1.82, 2.24) is 5.32 Å². The third kappa shape index (κ3) is 6.35. The molecule has 0 saturated carbocycles. The van der Waals surface area contributed by atoms with Crippen molar-refractivity contribution < 1.29 is 27.4 Å². The number of hydrogen-bond donors (Lipinski definition) is 2. The van der Waals surface area contributed by atoms with E-state index in [4.69, 9.17) is 15.2 Å². The molecule has 1 aromatic carbocycles. The van der Waals surface area contributed by atoms with Crippen LogP contribution < -0.4 is 20.5 Å². The van der Waals surface area contributed by atoms with Crippen molar-refractivity contribution in [3.63, 3.8) is 0 Å². The molecule has 0 spiro atoms. The Morgan fingerprint density at radius 1 is 1.33 bits per heavy atom. The molecule has 0 radical (unpaired) electrons. The predicted molar refractivity (Wildman–Crippen MR) is 70.3 cm³/mol. The van der Waals surface area contributed by atoms with E-state index in [1.807, 2.05) is 0 Å². The van der Waals surface area contributed by atoms with Gasteiger partial charge in [-0.2, -0.15) is 13.2 Å². The van der Waals surface area contributed by atoms with Crippen molar-refractivity contribution in [2.45, 2.75) is 12.6 Å². The number of nitrogens with one attached hydrogen (secondary N) is 1. The molecule has 0 heterocycles. The van der Waals surface area contributed by atoms with Crippen molar-refractivity contribution in [1.29, 1.82) is 0 Å². The van der Waals surface area contributed by atoms with E-state index in [-0.39, 0.29) is 5.75 Å². The maximum absolute atomic E-state index is 11.9. The van der Waals surface area contributed by atoms with E-state index in [1.54, 1.807) is 23.5 Å². The van der Waals surface area contributed by atoms with Gasteiger partial charge in [0, 0.05) is 0 Å². The second-order valence-electron chi connectivity index (χ2n) is 4.20. The fourth-order valence-electron chi connectivity index (χ4n) is 1.55. The number of ether oxygens (including phenoxy) is 2. The Kier molecular flexibility index (Phi) is 6.29. The van der Waals surface area contributed by atoms with Gasteiger partial charge in [-0.1, -0.05) is 6.07 Å². The fourth-order valence-corrected chi connectivity index (χ4v) is 1.55. The lowest BCUT2D eigenvalue weighted by Crippen LogP contribution is -2.36. The quantitative estimate of drug-likeness (QED) is 0.795. The minimum absolute atomic E-state index is 0.278. The first-order valence-electron chi connectivity index (χ1n) is 6.19. The molecule has 21 heavy (non-hydrogen) atoms. The van der Waals surface area contributed by atoms with Gasteiger partial charge >= 0.3 is 6.18 Å². The Morgan fingerprint density at radius 3 is 2.62 bits per heavy atom. The number of hydrogen-bond acceptors (Lipinski definition) is 4. The average molecular weight is 306 g/mol. The smallest absolute Gasteiger partial charge is 0.405 e. The summed E-state index contributed by atoms with van der Waals surface area (Å²) in [6.45, 7) is -1.44. The third-order valence-corrected chi connectivity index (χ3v) is 2.51. The molecule has 0 aliphatic heterocycles. The number of carbonyl (C=O) groups is 1. The Hall–Kier alpha value is -1.96. The van der Waals surface area contributed by atoms with Crippen LogP contribution in [0.4, 0.5) is 13.2 Å². The molecule has 1 aromatic rings. The molecule has 5 nitrogen and oxygen atoms in total. The molecular weight excluding hydrogens is 289 g/mol. The Morgan fingerprint density at radius 2 is 2.05 bits per heavy atom. The highest BCUT2D eigenvalue weighted by molar-refractivity contribution is 5.77. The van der Waals surface area contributed by atoms with Crippen LogP contribution in [0.15, 0.2) is 18.2 Å². The van der Waals surface area contributed by atoms with Crippen molar-refractivity contribution >= 4 is 5.91 Å². The van der Waals surface area contributed by atoms with Crippen LogP contribution in [0.2, 0.25) is 0 Å². The summed E-state index contributed by atoms with van der Waals surface area (Å²) in [4.78, 5) is 11.2. The van der Waals surface area contributed by atoms with E-state index in [1.165, 1.54) is 7.11 Å². The van der Waals surface area contributed by atoms with Gasteiger partial charge in [0.15, 0.2) is 18.1 Å². The van der Waals surface area contributed by atoms with Crippen molar-refractivity contribution in [3.05, 3.63) is 23.8 Å². The highest BCUT2D eigenvalue weighted by Crippen LogP contribution is 2.28. The van der Waals surface area contributed by atoms with Crippen molar-refractivity contribution in [2.24, 2.45) is 5.73 Å². The first kappa shape index (κ1) is 17.1. The maximum atomic E-state index is 11.9. The van der Waals surface area contributed by atoms with Crippen LogP contribution in [0.3, 0.4) is 0 Å². The maximum Gasteiger partial charge on any atom is 0.405 e. The van der Waals surface area contributed by atoms with Gasteiger partial charge < -0.3 is 20.5 Å². The lowest BCUT2D eigenvalue weighted by atomic mass is 10.1.